The van der Waals surface area contributed by atoms with Crippen molar-refractivity contribution in [2.75, 3.05) is 25.2 Å². The molecule has 0 unspecified atom stereocenters. The van der Waals surface area contributed by atoms with Crippen molar-refractivity contribution in [2.45, 2.75) is 70.3 Å². The van der Waals surface area contributed by atoms with Gasteiger partial charge in [-0.15, -0.1) is 0 Å². The van der Waals surface area contributed by atoms with Gasteiger partial charge in [-0.05, 0) is 110 Å². The van der Waals surface area contributed by atoms with E-state index in [0.717, 1.165) is 37.7 Å². The number of ether oxygens (including phenoxy) is 2. The van der Waals surface area contributed by atoms with E-state index in [-0.39, 0.29) is 34.3 Å². The van der Waals surface area contributed by atoms with Gasteiger partial charge in [-0.2, -0.15) is 0 Å². The zero-order valence-electron chi connectivity index (χ0n) is 24.9. The molecule has 0 saturated heterocycles. The summed E-state index contributed by atoms with van der Waals surface area (Å²) in [5.74, 6) is 0.108. The van der Waals surface area contributed by atoms with Crippen LogP contribution in [0, 0.1) is 29.5 Å². The molecule has 7 nitrogen and oxygen atoms in total. The van der Waals surface area contributed by atoms with Crippen LogP contribution in [-0.2, 0) is 27.7 Å². The highest BCUT2D eigenvalue weighted by Crippen LogP contribution is 2.47. The van der Waals surface area contributed by atoms with Crippen molar-refractivity contribution in [3.63, 3.8) is 0 Å². The van der Waals surface area contributed by atoms with E-state index < -0.39 is 21.2 Å². The molecule has 232 valence electrons. The Balaban J connectivity index is 1.47. The monoisotopic (exact) mass is 630 g/mol. The van der Waals surface area contributed by atoms with E-state index in [4.69, 9.17) is 21.1 Å². The van der Waals surface area contributed by atoms with Crippen LogP contribution in [0.3, 0.4) is 0 Å². The van der Waals surface area contributed by atoms with Gasteiger partial charge in [-0.25, -0.2) is 17.5 Å². The second-order valence-corrected chi connectivity index (χ2v) is 15.1. The Hall–Kier alpha value is -2.62. The van der Waals surface area contributed by atoms with Crippen molar-refractivity contribution in [2.24, 2.45) is 23.7 Å². The summed E-state index contributed by atoms with van der Waals surface area (Å²) in [5.41, 5.74) is 3.58. The number of nitrogens with zero attached hydrogens (tertiary/aromatic N) is 1. The summed E-state index contributed by atoms with van der Waals surface area (Å²) in [6, 6.07) is 8.56. The van der Waals surface area contributed by atoms with Crippen LogP contribution >= 0.6 is 11.6 Å². The molecule has 7 rings (SSSR count). The Bertz CT molecular complexity index is 1550. The fourth-order valence-corrected chi connectivity index (χ4v) is 8.70. The zero-order valence-corrected chi connectivity index (χ0v) is 26.5. The number of rotatable bonds is 1. The fraction of sp³-hybridized carbons (Fsp3) is 0.545. The number of hydrogen-bond donors (Lipinski definition) is 1. The molecule has 5 aliphatic rings. The van der Waals surface area contributed by atoms with Crippen LogP contribution in [-0.4, -0.2) is 45.9 Å². The predicted molar refractivity (Wildman–Crippen MR) is 166 cm³/mol. The van der Waals surface area contributed by atoms with Gasteiger partial charge >= 0.3 is 0 Å². The number of allylic oxidation sites excluding steroid dienone is 1. The van der Waals surface area contributed by atoms with Crippen LogP contribution in [0.2, 0.25) is 5.02 Å². The number of sulfonamides is 1. The summed E-state index contributed by atoms with van der Waals surface area (Å²) >= 11 is 6.21. The van der Waals surface area contributed by atoms with E-state index in [0.29, 0.717) is 55.0 Å². The van der Waals surface area contributed by atoms with Crippen molar-refractivity contribution >= 4 is 33.2 Å². The molecule has 0 aromatic heterocycles. The summed E-state index contributed by atoms with van der Waals surface area (Å²) < 4.78 is 56.7. The lowest BCUT2D eigenvalue weighted by Crippen LogP contribution is -2.47. The minimum atomic E-state index is -3.94. The fourth-order valence-electron chi connectivity index (χ4n) is 7.20. The number of anilines is 1. The molecule has 3 heterocycles. The van der Waals surface area contributed by atoms with E-state index in [2.05, 4.69) is 15.7 Å². The lowest BCUT2D eigenvalue weighted by Gasteiger charge is -2.47. The maximum absolute atomic E-state index is 15.4. The predicted octanol–water partition coefficient (Wildman–Crippen LogP) is 6.29. The number of amides is 1. The minimum absolute atomic E-state index is 0.0313. The highest BCUT2D eigenvalue weighted by Gasteiger charge is 2.44. The summed E-state index contributed by atoms with van der Waals surface area (Å²) in [6.45, 7) is 5.08. The van der Waals surface area contributed by atoms with Gasteiger partial charge in [-0.1, -0.05) is 30.7 Å². The molecule has 3 aliphatic heterocycles. The third-order valence-electron chi connectivity index (χ3n) is 10.3. The number of carbonyl (C=O) groups is 1. The van der Waals surface area contributed by atoms with Crippen molar-refractivity contribution in [1.29, 1.82) is 0 Å². The SMILES string of the molecule is CO[C@H]1C2=C[C@H](C2)[C@H](C)[C@@H](C)S(=O)(=O)NC(=O)c2ccc3c(c2)N(Cc2ccc(Cl)c(F)c2CCCCO3)C[C@@H]2CC[C@H]21. The molecule has 43 heavy (non-hydrogen) atoms. The summed E-state index contributed by atoms with van der Waals surface area (Å²) in [4.78, 5) is 15.6. The van der Waals surface area contributed by atoms with E-state index in [1.54, 1.807) is 38.3 Å². The molecule has 1 saturated carbocycles. The standard InChI is InChI=1S/C33H40ClFN2O5S/c1-19-20(2)43(39,40)36-33(38)21-9-12-30-29(16-21)37(18-23-7-10-27(23)32(41-3)25-14-24(19)15-25)17-22-8-11-28(34)31(35)26(22)6-4-5-13-42-30/h8-9,11-12,14,16,19-20,23-24,27,32H,4-7,10,13,15,17-18H2,1-3H3,(H,36,38)/t19-,20-,23+,24-,27-,32+/m1/s1. The molecule has 2 aromatic carbocycles. The normalized spacial score (nSPS) is 30.6. The number of nitrogens with one attached hydrogen (secondary N) is 1. The zero-order chi connectivity index (χ0) is 30.5. The Kier molecular flexibility index (Phi) is 8.52. The first kappa shape index (κ1) is 30.4. The topological polar surface area (TPSA) is 84.9 Å². The molecular weight excluding hydrogens is 591 g/mol. The third kappa shape index (κ3) is 5.80. The number of benzene rings is 2. The van der Waals surface area contributed by atoms with Gasteiger partial charge in [0.1, 0.15) is 11.6 Å². The first-order chi connectivity index (χ1) is 20.6. The molecule has 1 N–H and O–H groups in total. The van der Waals surface area contributed by atoms with Gasteiger partial charge in [0, 0.05) is 25.8 Å². The molecule has 0 spiro atoms. The van der Waals surface area contributed by atoms with Gasteiger partial charge in [0.2, 0.25) is 10.0 Å². The first-order valence-corrected chi connectivity index (χ1v) is 17.3. The molecule has 6 atom stereocenters. The van der Waals surface area contributed by atoms with E-state index >= 15 is 4.39 Å². The minimum Gasteiger partial charge on any atom is -0.491 e. The van der Waals surface area contributed by atoms with Crippen LogP contribution in [0.15, 0.2) is 42.0 Å². The average Bonchev–Trinajstić information content (AvgIpc) is 2.97. The molecule has 0 radical (unpaired) electrons. The Labute approximate surface area is 258 Å². The lowest BCUT2D eigenvalue weighted by molar-refractivity contribution is -0.000331. The van der Waals surface area contributed by atoms with Gasteiger partial charge in [-0.3, -0.25) is 4.79 Å². The molecule has 1 amide bonds. The maximum Gasteiger partial charge on any atom is 0.264 e. The number of hydrogen-bond acceptors (Lipinski definition) is 6. The third-order valence-corrected chi connectivity index (χ3v) is 12.4. The molecular formula is C33H40ClFN2O5S. The smallest absolute Gasteiger partial charge is 0.264 e. The van der Waals surface area contributed by atoms with Crippen LogP contribution in [0.4, 0.5) is 10.1 Å². The quantitative estimate of drug-likeness (QED) is 0.373. The second-order valence-electron chi connectivity index (χ2n) is 12.7. The lowest BCUT2D eigenvalue weighted by atomic mass is 9.64. The second kappa shape index (κ2) is 12.1. The van der Waals surface area contributed by atoms with E-state index in [9.17, 15) is 13.2 Å². The highest BCUT2D eigenvalue weighted by atomic mass is 35.5. The van der Waals surface area contributed by atoms with Crippen LogP contribution in [0.25, 0.3) is 0 Å². The van der Waals surface area contributed by atoms with Crippen LogP contribution < -0.4 is 14.4 Å². The first-order valence-electron chi connectivity index (χ1n) is 15.3. The van der Waals surface area contributed by atoms with Crippen molar-refractivity contribution in [1.82, 2.24) is 4.72 Å². The summed E-state index contributed by atoms with van der Waals surface area (Å²) in [5, 5.41) is -0.654. The molecule has 2 aliphatic carbocycles. The Morgan fingerprint density at radius 1 is 1.14 bits per heavy atom. The van der Waals surface area contributed by atoms with Gasteiger partial charge in [0.05, 0.1) is 28.7 Å². The molecule has 2 aromatic rings. The maximum atomic E-state index is 15.4. The summed E-state index contributed by atoms with van der Waals surface area (Å²) in [7, 11) is -2.19. The number of fused-ring (bicyclic) bond motifs is 5. The number of methoxy groups -OCH3 is 1. The van der Waals surface area contributed by atoms with Gasteiger partial charge in [0.15, 0.2) is 0 Å². The van der Waals surface area contributed by atoms with E-state index in [1.807, 2.05) is 13.0 Å². The molecule has 10 heteroatoms. The highest BCUT2D eigenvalue weighted by molar-refractivity contribution is 7.90. The molecule has 4 bridgehead atoms. The Morgan fingerprint density at radius 2 is 1.93 bits per heavy atom. The van der Waals surface area contributed by atoms with Crippen molar-refractivity contribution in [3.8, 4) is 5.75 Å². The Morgan fingerprint density at radius 3 is 2.65 bits per heavy atom. The summed E-state index contributed by atoms with van der Waals surface area (Å²) in [6.07, 6.45) is 7.00. The number of carbonyl (C=O) groups excluding carboxylic acids is 1. The van der Waals surface area contributed by atoms with Crippen molar-refractivity contribution in [3.05, 3.63) is 69.5 Å². The van der Waals surface area contributed by atoms with Crippen LogP contribution in [0.1, 0.15) is 67.4 Å². The number of halogens is 2. The van der Waals surface area contributed by atoms with Gasteiger partial charge < -0.3 is 14.4 Å². The molecule has 1 fully saturated rings. The van der Waals surface area contributed by atoms with Crippen molar-refractivity contribution < 1.29 is 27.1 Å². The van der Waals surface area contributed by atoms with Gasteiger partial charge in [0.25, 0.3) is 5.91 Å². The average molecular weight is 631 g/mol. The largest absolute Gasteiger partial charge is 0.491 e. The van der Waals surface area contributed by atoms with Crippen LogP contribution in [0.5, 0.6) is 5.75 Å². The van der Waals surface area contributed by atoms with E-state index in [1.165, 1.54) is 5.57 Å².